The fraction of sp³-hybridized carbons (Fsp3) is 0.176. The average molecular weight is 277 g/mol. The fourth-order valence-electron chi connectivity index (χ4n) is 2.68. The molecule has 0 radical (unpaired) electrons. The molecule has 0 aliphatic heterocycles. The normalized spacial score (nSPS) is 15.8. The zero-order valence-electron chi connectivity index (χ0n) is 11.5. The van der Waals surface area contributed by atoms with Crippen molar-refractivity contribution in [3.05, 3.63) is 66.0 Å². The van der Waals surface area contributed by atoms with Crippen molar-refractivity contribution in [3.63, 3.8) is 0 Å². The lowest BCUT2D eigenvalue weighted by Gasteiger charge is -2.09. The monoisotopic (exact) mass is 277 g/mol. The van der Waals surface area contributed by atoms with Crippen LogP contribution in [0.25, 0.3) is 11.5 Å². The Bertz CT molecular complexity index is 758. The number of nitrogen functional groups attached to an aromatic ring is 1. The molecule has 4 rings (SSSR count). The van der Waals surface area contributed by atoms with E-state index in [1.807, 2.05) is 30.3 Å². The molecular weight excluding hydrogens is 262 g/mol. The highest BCUT2D eigenvalue weighted by atomic mass is 16.5. The Balaban J connectivity index is 1.70. The molecule has 1 fully saturated rings. The second kappa shape index (κ2) is 4.45. The minimum absolute atomic E-state index is 0.0587. The standard InChI is InChI=1S/C17H15N3O/c18-14-8-6-12(7-9-14)15-19-16(20-21-15)17(10-11-17)13-4-2-1-3-5-13/h1-9H,10-11,18H2. The Morgan fingerprint density at radius 1 is 0.952 bits per heavy atom. The molecule has 2 N–H and O–H groups in total. The van der Waals surface area contributed by atoms with Crippen LogP contribution in [0.5, 0.6) is 0 Å². The van der Waals surface area contributed by atoms with Crippen molar-refractivity contribution < 1.29 is 4.52 Å². The lowest BCUT2D eigenvalue weighted by molar-refractivity contribution is 0.418. The van der Waals surface area contributed by atoms with Gasteiger partial charge < -0.3 is 10.3 Å². The largest absolute Gasteiger partial charge is 0.399 e. The van der Waals surface area contributed by atoms with E-state index in [0.717, 1.165) is 29.9 Å². The number of rotatable bonds is 3. The Labute approximate surface area is 122 Å². The van der Waals surface area contributed by atoms with Gasteiger partial charge in [0.05, 0.1) is 5.41 Å². The van der Waals surface area contributed by atoms with Crippen LogP contribution in [0.4, 0.5) is 5.69 Å². The van der Waals surface area contributed by atoms with Crippen molar-refractivity contribution in [2.24, 2.45) is 0 Å². The van der Waals surface area contributed by atoms with Crippen LogP contribution in [0.1, 0.15) is 24.2 Å². The molecule has 2 aromatic carbocycles. The molecule has 0 amide bonds. The molecule has 21 heavy (non-hydrogen) atoms. The molecule has 0 saturated heterocycles. The summed E-state index contributed by atoms with van der Waals surface area (Å²) in [6, 6.07) is 17.9. The highest BCUT2D eigenvalue weighted by Crippen LogP contribution is 2.52. The Morgan fingerprint density at radius 2 is 1.67 bits per heavy atom. The molecule has 0 spiro atoms. The van der Waals surface area contributed by atoms with Gasteiger partial charge in [0.25, 0.3) is 5.89 Å². The van der Waals surface area contributed by atoms with Gasteiger partial charge in [0.15, 0.2) is 5.82 Å². The maximum atomic E-state index is 5.70. The van der Waals surface area contributed by atoms with Crippen LogP contribution in [-0.4, -0.2) is 10.1 Å². The Kier molecular flexibility index (Phi) is 2.57. The molecule has 0 bridgehead atoms. The molecule has 104 valence electrons. The summed E-state index contributed by atoms with van der Waals surface area (Å²) in [5.74, 6) is 1.33. The average Bonchev–Trinajstić information content (AvgIpc) is 3.20. The van der Waals surface area contributed by atoms with Crippen LogP contribution in [0.2, 0.25) is 0 Å². The number of hydrogen-bond donors (Lipinski definition) is 1. The topological polar surface area (TPSA) is 64.9 Å². The lowest BCUT2D eigenvalue weighted by atomic mass is 9.95. The SMILES string of the molecule is Nc1ccc(-c2nc(C3(c4ccccc4)CC3)no2)cc1. The molecule has 1 aromatic heterocycles. The first kappa shape index (κ1) is 12.1. The second-order valence-corrected chi connectivity index (χ2v) is 5.49. The van der Waals surface area contributed by atoms with E-state index >= 15 is 0 Å². The van der Waals surface area contributed by atoms with E-state index in [1.165, 1.54) is 5.56 Å². The fourth-order valence-corrected chi connectivity index (χ4v) is 2.68. The summed E-state index contributed by atoms with van der Waals surface area (Å²) in [6.07, 6.45) is 2.13. The van der Waals surface area contributed by atoms with Crippen LogP contribution < -0.4 is 5.73 Å². The van der Waals surface area contributed by atoms with E-state index in [1.54, 1.807) is 0 Å². The minimum atomic E-state index is -0.0587. The molecule has 4 nitrogen and oxygen atoms in total. The summed E-state index contributed by atoms with van der Waals surface area (Å²) in [4.78, 5) is 4.60. The number of nitrogens with zero attached hydrogens (tertiary/aromatic N) is 2. The molecule has 1 heterocycles. The number of anilines is 1. The van der Waals surface area contributed by atoms with Gasteiger partial charge in [-0.15, -0.1) is 0 Å². The van der Waals surface area contributed by atoms with Crippen LogP contribution in [0.3, 0.4) is 0 Å². The zero-order valence-corrected chi connectivity index (χ0v) is 11.5. The summed E-state index contributed by atoms with van der Waals surface area (Å²) in [5.41, 5.74) is 8.52. The van der Waals surface area contributed by atoms with E-state index < -0.39 is 0 Å². The van der Waals surface area contributed by atoms with Gasteiger partial charge in [-0.05, 0) is 42.7 Å². The van der Waals surface area contributed by atoms with Gasteiger partial charge in [0.1, 0.15) is 0 Å². The molecule has 0 atom stereocenters. The number of nitrogens with two attached hydrogens (primary N) is 1. The zero-order chi connectivity index (χ0) is 14.3. The molecule has 1 aliphatic carbocycles. The predicted octanol–water partition coefficient (Wildman–Crippen LogP) is 3.40. The number of aromatic nitrogens is 2. The molecule has 1 saturated carbocycles. The third-order valence-electron chi connectivity index (χ3n) is 4.09. The van der Waals surface area contributed by atoms with Gasteiger partial charge in [-0.25, -0.2) is 0 Å². The first-order valence-electron chi connectivity index (χ1n) is 7.04. The summed E-state index contributed by atoms with van der Waals surface area (Å²) in [7, 11) is 0. The maximum absolute atomic E-state index is 5.70. The van der Waals surface area contributed by atoms with Gasteiger partial charge in [-0.1, -0.05) is 35.5 Å². The van der Waals surface area contributed by atoms with Crippen molar-refractivity contribution in [1.29, 1.82) is 0 Å². The third kappa shape index (κ3) is 2.00. The van der Waals surface area contributed by atoms with Crippen LogP contribution in [0.15, 0.2) is 59.1 Å². The van der Waals surface area contributed by atoms with E-state index in [-0.39, 0.29) is 5.41 Å². The molecule has 1 aliphatic rings. The van der Waals surface area contributed by atoms with Crippen molar-refractivity contribution in [2.45, 2.75) is 18.3 Å². The van der Waals surface area contributed by atoms with Crippen molar-refractivity contribution in [3.8, 4) is 11.5 Å². The van der Waals surface area contributed by atoms with Gasteiger partial charge in [0.2, 0.25) is 0 Å². The minimum Gasteiger partial charge on any atom is -0.399 e. The Morgan fingerprint density at radius 3 is 2.33 bits per heavy atom. The second-order valence-electron chi connectivity index (χ2n) is 5.49. The van der Waals surface area contributed by atoms with Crippen LogP contribution >= 0.6 is 0 Å². The smallest absolute Gasteiger partial charge is 0.257 e. The molecule has 3 aromatic rings. The summed E-state index contributed by atoms with van der Waals surface area (Å²) in [5, 5.41) is 4.21. The molecule has 4 heteroatoms. The van der Waals surface area contributed by atoms with E-state index in [4.69, 9.17) is 10.3 Å². The van der Waals surface area contributed by atoms with Gasteiger partial charge >= 0.3 is 0 Å². The van der Waals surface area contributed by atoms with Gasteiger partial charge in [-0.3, -0.25) is 0 Å². The van der Waals surface area contributed by atoms with E-state index in [9.17, 15) is 0 Å². The summed E-state index contributed by atoms with van der Waals surface area (Å²) >= 11 is 0. The molecule has 0 unspecified atom stereocenters. The third-order valence-corrected chi connectivity index (χ3v) is 4.09. The maximum Gasteiger partial charge on any atom is 0.257 e. The summed E-state index contributed by atoms with van der Waals surface area (Å²) < 4.78 is 5.44. The predicted molar refractivity (Wildman–Crippen MR) is 80.6 cm³/mol. The highest BCUT2D eigenvalue weighted by molar-refractivity contribution is 5.57. The van der Waals surface area contributed by atoms with Crippen molar-refractivity contribution in [1.82, 2.24) is 10.1 Å². The Hall–Kier alpha value is -2.62. The van der Waals surface area contributed by atoms with E-state index in [2.05, 4.69) is 34.4 Å². The summed E-state index contributed by atoms with van der Waals surface area (Å²) in [6.45, 7) is 0. The van der Waals surface area contributed by atoms with E-state index in [0.29, 0.717) is 5.89 Å². The lowest BCUT2D eigenvalue weighted by Crippen LogP contribution is -2.10. The number of benzene rings is 2. The number of hydrogen-bond acceptors (Lipinski definition) is 4. The van der Waals surface area contributed by atoms with Gasteiger partial charge in [0, 0.05) is 11.3 Å². The highest BCUT2D eigenvalue weighted by Gasteiger charge is 2.49. The first-order valence-corrected chi connectivity index (χ1v) is 7.04. The molecular formula is C17H15N3O. The first-order chi connectivity index (χ1) is 10.3. The van der Waals surface area contributed by atoms with Gasteiger partial charge in [-0.2, -0.15) is 4.98 Å². The van der Waals surface area contributed by atoms with Crippen molar-refractivity contribution in [2.75, 3.05) is 5.73 Å². The van der Waals surface area contributed by atoms with Crippen molar-refractivity contribution >= 4 is 5.69 Å². The quantitative estimate of drug-likeness (QED) is 0.745. The van der Waals surface area contributed by atoms with Crippen LogP contribution in [0, 0.1) is 0 Å². The van der Waals surface area contributed by atoms with Crippen LogP contribution in [-0.2, 0) is 5.41 Å².